The molecule has 0 N–H and O–H groups in total. The minimum atomic E-state index is -0.383. The van der Waals surface area contributed by atoms with Gasteiger partial charge in [0.2, 0.25) is 5.78 Å². The van der Waals surface area contributed by atoms with Gasteiger partial charge in [0, 0.05) is 10.9 Å². The molecule has 0 aliphatic rings. The number of hydrogen-bond acceptors (Lipinski definition) is 2. The fraction of sp³-hybridized carbons (Fsp3) is 0. The van der Waals surface area contributed by atoms with E-state index in [2.05, 4.69) is 4.98 Å². The van der Waals surface area contributed by atoms with Crippen molar-refractivity contribution in [1.82, 2.24) is 4.98 Å². The van der Waals surface area contributed by atoms with Crippen LogP contribution in [0.15, 0.2) is 54.6 Å². The number of rotatable bonds is 2. The van der Waals surface area contributed by atoms with Gasteiger partial charge in [0.05, 0.1) is 0 Å². The maximum atomic E-state index is 12.9. The molecular weight excluding hydrogens is 277 g/mol. The molecular formula is C16H9ClFNO. The summed E-state index contributed by atoms with van der Waals surface area (Å²) in [6, 6.07) is 14.5. The van der Waals surface area contributed by atoms with Gasteiger partial charge in [-0.05, 0) is 35.7 Å². The van der Waals surface area contributed by atoms with Gasteiger partial charge in [-0.2, -0.15) is 0 Å². The number of hydrogen-bond donors (Lipinski definition) is 0. The van der Waals surface area contributed by atoms with Gasteiger partial charge in [0.1, 0.15) is 16.7 Å². The highest BCUT2D eigenvalue weighted by atomic mass is 35.5. The lowest BCUT2D eigenvalue weighted by Crippen LogP contribution is -2.04. The number of aromatic nitrogens is 1. The van der Waals surface area contributed by atoms with Crippen molar-refractivity contribution in [3.8, 4) is 0 Å². The molecule has 0 spiro atoms. The van der Waals surface area contributed by atoms with Crippen LogP contribution in [0.3, 0.4) is 0 Å². The van der Waals surface area contributed by atoms with E-state index in [0.717, 1.165) is 10.8 Å². The molecule has 0 aliphatic heterocycles. The van der Waals surface area contributed by atoms with Crippen LogP contribution in [-0.4, -0.2) is 10.8 Å². The molecule has 20 heavy (non-hydrogen) atoms. The molecule has 4 heteroatoms. The summed E-state index contributed by atoms with van der Waals surface area (Å²) in [5, 5.41) is 1.93. The summed E-state index contributed by atoms with van der Waals surface area (Å²) >= 11 is 6.10. The molecule has 0 saturated carbocycles. The smallest absolute Gasteiger partial charge is 0.211 e. The highest BCUT2D eigenvalue weighted by Gasteiger charge is 2.13. The van der Waals surface area contributed by atoms with Gasteiger partial charge in [-0.1, -0.05) is 35.9 Å². The van der Waals surface area contributed by atoms with E-state index in [1.165, 1.54) is 24.3 Å². The third kappa shape index (κ3) is 2.28. The van der Waals surface area contributed by atoms with E-state index in [0.29, 0.717) is 5.56 Å². The first-order valence-electron chi connectivity index (χ1n) is 6.01. The number of pyridine rings is 1. The van der Waals surface area contributed by atoms with E-state index in [-0.39, 0.29) is 22.4 Å². The average Bonchev–Trinajstić information content (AvgIpc) is 2.47. The number of nitrogens with zero attached hydrogens (tertiary/aromatic N) is 1. The Labute approximate surface area is 119 Å². The van der Waals surface area contributed by atoms with Crippen molar-refractivity contribution in [2.75, 3.05) is 0 Å². The highest BCUT2D eigenvalue weighted by Crippen LogP contribution is 2.23. The molecule has 98 valence electrons. The molecule has 0 unspecified atom stereocenters. The summed E-state index contributed by atoms with van der Waals surface area (Å²) in [6.45, 7) is 0. The Bertz CT molecular complexity index is 799. The zero-order valence-electron chi connectivity index (χ0n) is 10.3. The number of ketones is 1. The Kier molecular flexibility index (Phi) is 3.20. The van der Waals surface area contributed by atoms with Crippen molar-refractivity contribution in [2.45, 2.75) is 0 Å². The molecule has 0 atom stereocenters. The van der Waals surface area contributed by atoms with Crippen LogP contribution in [0.1, 0.15) is 16.1 Å². The fourth-order valence-electron chi connectivity index (χ4n) is 2.02. The molecule has 0 amide bonds. The van der Waals surface area contributed by atoms with Crippen molar-refractivity contribution in [3.63, 3.8) is 0 Å². The SMILES string of the molecule is O=C(c1ccc(F)cc1)c1cc2ccccc2c(Cl)n1. The molecule has 0 saturated heterocycles. The maximum Gasteiger partial charge on any atom is 0.211 e. The lowest BCUT2D eigenvalue weighted by molar-refractivity contribution is 0.103. The lowest BCUT2D eigenvalue weighted by atomic mass is 10.1. The normalized spacial score (nSPS) is 10.7. The Hall–Kier alpha value is -2.26. The first-order valence-corrected chi connectivity index (χ1v) is 6.38. The van der Waals surface area contributed by atoms with Gasteiger partial charge >= 0.3 is 0 Å². The zero-order valence-corrected chi connectivity index (χ0v) is 11.1. The molecule has 1 heterocycles. The van der Waals surface area contributed by atoms with E-state index in [1.54, 1.807) is 6.07 Å². The summed E-state index contributed by atoms with van der Waals surface area (Å²) in [5.74, 6) is -0.663. The Morgan fingerprint density at radius 1 is 1.05 bits per heavy atom. The monoisotopic (exact) mass is 285 g/mol. The number of carbonyl (C=O) groups excluding carboxylic acids is 1. The zero-order chi connectivity index (χ0) is 14.1. The van der Waals surface area contributed by atoms with Crippen LogP contribution in [0.5, 0.6) is 0 Å². The minimum Gasteiger partial charge on any atom is -0.287 e. The van der Waals surface area contributed by atoms with Crippen molar-refractivity contribution in [1.29, 1.82) is 0 Å². The lowest BCUT2D eigenvalue weighted by Gasteiger charge is -2.04. The van der Waals surface area contributed by atoms with Crippen LogP contribution in [0.4, 0.5) is 4.39 Å². The number of halogens is 2. The van der Waals surface area contributed by atoms with Gasteiger partial charge in [0.25, 0.3) is 0 Å². The van der Waals surface area contributed by atoms with Crippen molar-refractivity contribution < 1.29 is 9.18 Å². The summed E-state index contributed by atoms with van der Waals surface area (Å²) < 4.78 is 12.9. The second kappa shape index (κ2) is 5.02. The van der Waals surface area contributed by atoms with Crippen LogP contribution in [0.2, 0.25) is 5.15 Å². The minimum absolute atomic E-state index is 0.250. The van der Waals surface area contributed by atoms with Crippen LogP contribution in [0, 0.1) is 5.82 Å². The predicted molar refractivity (Wildman–Crippen MR) is 76.6 cm³/mol. The van der Waals surface area contributed by atoms with Crippen LogP contribution < -0.4 is 0 Å². The van der Waals surface area contributed by atoms with Gasteiger partial charge in [-0.15, -0.1) is 0 Å². The number of fused-ring (bicyclic) bond motifs is 1. The molecule has 0 bridgehead atoms. The first kappa shape index (κ1) is 12.8. The van der Waals surface area contributed by atoms with E-state index < -0.39 is 0 Å². The van der Waals surface area contributed by atoms with Crippen LogP contribution >= 0.6 is 11.6 Å². The van der Waals surface area contributed by atoms with E-state index in [9.17, 15) is 9.18 Å². The molecule has 1 aromatic heterocycles. The van der Waals surface area contributed by atoms with Gasteiger partial charge in [0.15, 0.2) is 0 Å². The second-order valence-electron chi connectivity index (χ2n) is 4.36. The molecule has 0 fully saturated rings. The summed E-state index contributed by atoms with van der Waals surface area (Å²) in [6.07, 6.45) is 0. The third-order valence-electron chi connectivity index (χ3n) is 3.03. The Morgan fingerprint density at radius 3 is 2.50 bits per heavy atom. The van der Waals surface area contributed by atoms with Crippen molar-refractivity contribution >= 4 is 28.2 Å². The molecule has 2 aromatic carbocycles. The largest absolute Gasteiger partial charge is 0.287 e. The van der Waals surface area contributed by atoms with Crippen LogP contribution in [0.25, 0.3) is 10.8 Å². The number of benzene rings is 2. The topological polar surface area (TPSA) is 30.0 Å². The molecule has 3 aromatic rings. The summed E-state index contributed by atoms with van der Waals surface area (Å²) in [4.78, 5) is 16.4. The van der Waals surface area contributed by atoms with Gasteiger partial charge < -0.3 is 0 Å². The summed E-state index contributed by atoms with van der Waals surface area (Å²) in [7, 11) is 0. The maximum absolute atomic E-state index is 12.9. The molecule has 0 aliphatic carbocycles. The third-order valence-corrected chi connectivity index (χ3v) is 3.32. The highest BCUT2D eigenvalue weighted by molar-refractivity contribution is 6.34. The molecule has 0 radical (unpaired) electrons. The van der Waals surface area contributed by atoms with Crippen molar-refractivity contribution in [3.05, 3.63) is 76.8 Å². The average molecular weight is 286 g/mol. The first-order chi connectivity index (χ1) is 9.65. The summed E-state index contributed by atoms with van der Waals surface area (Å²) in [5.41, 5.74) is 0.630. The molecule has 2 nitrogen and oxygen atoms in total. The quantitative estimate of drug-likeness (QED) is 0.520. The Balaban J connectivity index is 2.10. The predicted octanol–water partition coefficient (Wildman–Crippen LogP) is 4.26. The van der Waals surface area contributed by atoms with Gasteiger partial charge in [-0.3, -0.25) is 4.79 Å². The standard InChI is InChI=1S/C16H9ClFNO/c17-16-13-4-2-1-3-11(13)9-14(19-16)15(20)10-5-7-12(18)8-6-10/h1-9H. The van der Waals surface area contributed by atoms with Gasteiger partial charge in [-0.25, -0.2) is 9.37 Å². The van der Waals surface area contributed by atoms with Crippen LogP contribution in [-0.2, 0) is 0 Å². The van der Waals surface area contributed by atoms with E-state index >= 15 is 0 Å². The number of carbonyl (C=O) groups is 1. The van der Waals surface area contributed by atoms with Crippen molar-refractivity contribution in [2.24, 2.45) is 0 Å². The fourth-order valence-corrected chi connectivity index (χ4v) is 2.28. The van der Waals surface area contributed by atoms with E-state index in [1.807, 2.05) is 24.3 Å². The Morgan fingerprint density at radius 2 is 1.75 bits per heavy atom. The second-order valence-corrected chi connectivity index (χ2v) is 4.71. The molecule has 3 rings (SSSR count). The van der Waals surface area contributed by atoms with E-state index in [4.69, 9.17) is 11.6 Å².